The lowest BCUT2D eigenvalue weighted by Gasteiger charge is -2.36. The maximum Gasteiger partial charge on any atom is 0.237 e. The largest absolute Gasteiger partial charge is 0.354 e. The van der Waals surface area contributed by atoms with E-state index in [9.17, 15) is 4.79 Å². The van der Waals surface area contributed by atoms with Gasteiger partial charge in [-0.25, -0.2) is 0 Å². The van der Waals surface area contributed by atoms with Crippen molar-refractivity contribution in [2.45, 2.75) is 44.7 Å². The number of rotatable bonds is 5. The van der Waals surface area contributed by atoms with Gasteiger partial charge in [0.2, 0.25) is 5.91 Å². The highest BCUT2D eigenvalue weighted by Crippen LogP contribution is 2.25. The molecular weight excluding hydrogens is 324 g/mol. The number of aromatic nitrogens is 1. The zero-order chi connectivity index (χ0) is 16.1. The number of carbonyl (C=O) groups is 1. The second-order valence-electron chi connectivity index (χ2n) is 6.83. The Morgan fingerprint density at radius 3 is 3.00 bits per heavy atom. The SMILES string of the molecule is CC(c1ccccn1)N1CCCC(CNC(=O)C2CCCN2)C1.Cl. The number of pyridine rings is 1. The van der Waals surface area contributed by atoms with Crippen molar-refractivity contribution in [3.05, 3.63) is 30.1 Å². The smallest absolute Gasteiger partial charge is 0.237 e. The summed E-state index contributed by atoms with van der Waals surface area (Å²) in [7, 11) is 0. The molecule has 24 heavy (non-hydrogen) atoms. The summed E-state index contributed by atoms with van der Waals surface area (Å²) < 4.78 is 0. The fourth-order valence-corrected chi connectivity index (χ4v) is 3.70. The van der Waals surface area contributed by atoms with Crippen molar-refractivity contribution in [1.82, 2.24) is 20.5 Å². The molecule has 0 aromatic carbocycles. The minimum absolute atomic E-state index is 0. The van der Waals surface area contributed by atoms with E-state index in [-0.39, 0.29) is 24.4 Å². The number of likely N-dealkylation sites (tertiary alicyclic amines) is 1. The van der Waals surface area contributed by atoms with E-state index in [0.717, 1.165) is 44.7 Å². The standard InChI is InChI=1S/C18H28N4O.ClH/c1-14(16-7-2-3-9-19-16)22-11-5-6-15(13-22)12-21-18(23)17-8-4-10-20-17;/h2-3,7,9,14-15,17,20H,4-6,8,10-13H2,1H3,(H,21,23);1H. The maximum atomic E-state index is 12.1. The van der Waals surface area contributed by atoms with Crippen molar-refractivity contribution in [3.63, 3.8) is 0 Å². The van der Waals surface area contributed by atoms with Gasteiger partial charge >= 0.3 is 0 Å². The van der Waals surface area contributed by atoms with E-state index in [1.807, 2.05) is 12.3 Å². The van der Waals surface area contributed by atoms with Crippen molar-refractivity contribution in [2.24, 2.45) is 5.92 Å². The van der Waals surface area contributed by atoms with Crippen LogP contribution in [0, 0.1) is 5.92 Å². The van der Waals surface area contributed by atoms with Crippen molar-refractivity contribution >= 4 is 18.3 Å². The van der Waals surface area contributed by atoms with Crippen molar-refractivity contribution in [3.8, 4) is 0 Å². The summed E-state index contributed by atoms with van der Waals surface area (Å²) in [5.74, 6) is 0.720. The zero-order valence-corrected chi connectivity index (χ0v) is 15.2. The van der Waals surface area contributed by atoms with E-state index < -0.39 is 0 Å². The predicted octanol–water partition coefficient (Wildman–Crippen LogP) is 2.14. The quantitative estimate of drug-likeness (QED) is 0.852. The molecule has 0 saturated carbocycles. The fraction of sp³-hybridized carbons (Fsp3) is 0.667. The number of piperidine rings is 1. The first-order valence-electron chi connectivity index (χ1n) is 8.90. The molecule has 1 aromatic rings. The van der Waals surface area contributed by atoms with Crippen LogP contribution in [-0.4, -0.2) is 48.0 Å². The van der Waals surface area contributed by atoms with E-state index in [1.54, 1.807) is 0 Å². The topological polar surface area (TPSA) is 57.3 Å². The average Bonchev–Trinajstić information content (AvgIpc) is 3.15. The van der Waals surface area contributed by atoms with Crippen LogP contribution in [-0.2, 0) is 4.79 Å². The number of hydrogen-bond acceptors (Lipinski definition) is 4. The third kappa shape index (κ3) is 4.91. The van der Waals surface area contributed by atoms with Gasteiger partial charge in [-0.15, -0.1) is 12.4 Å². The number of nitrogens with zero attached hydrogens (tertiary/aromatic N) is 2. The lowest BCUT2D eigenvalue weighted by molar-refractivity contribution is -0.123. The molecule has 0 radical (unpaired) electrons. The summed E-state index contributed by atoms with van der Waals surface area (Å²) in [6, 6.07) is 6.48. The van der Waals surface area contributed by atoms with Crippen molar-refractivity contribution in [2.75, 3.05) is 26.2 Å². The highest BCUT2D eigenvalue weighted by molar-refractivity contribution is 5.85. The molecule has 134 valence electrons. The number of hydrogen-bond donors (Lipinski definition) is 2. The molecule has 2 aliphatic heterocycles. The lowest BCUT2D eigenvalue weighted by Crippen LogP contribution is -2.46. The van der Waals surface area contributed by atoms with Gasteiger partial charge in [-0.05, 0) is 63.7 Å². The van der Waals surface area contributed by atoms with Crippen LogP contribution in [0.1, 0.15) is 44.3 Å². The molecule has 0 aliphatic carbocycles. The van der Waals surface area contributed by atoms with Crippen LogP contribution in [0.2, 0.25) is 0 Å². The number of halogens is 1. The molecule has 2 fully saturated rings. The van der Waals surface area contributed by atoms with Gasteiger partial charge in [-0.1, -0.05) is 6.07 Å². The highest BCUT2D eigenvalue weighted by atomic mass is 35.5. The maximum absolute atomic E-state index is 12.1. The average molecular weight is 353 g/mol. The first kappa shape index (κ1) is 19.2. The Morgan fingerprint density at radius 2 is 2.29 bits per heavy atom. The molecule has 1 amide bonds. The summed E-state index contributed by atoms with van der Waals surface area (Å²) in [5.41, 5.74) is 1.13. The first-order chi connectivity index (χ1) is 11.2. The molecule has 3 unspecified atom stereocenters. The first-order valence-corrected chi connectivity index (χ1v) is 8.90. The summed E-state index contributed by atoms with van der Waals surface area (Å²) in [5, 5.41) is 6.41. The second-order valence-corrected chi connectivity index (χ2v) is 6.83. The monoisotopic (exact) mass is 352 g/mol. The van der Waals surface area contributed by atoms with Gasteiger partial charge in [-0.3, -0.25) is 14.7 Å². The molecule has 2 N–H and O–H groups in total. The number of nitrogens with one attached hydrogen (secondary N) is 2. The van der Waals surface area contributed by atoms with E-state index in [0.29, 0.717) is 12.0 Å². The molecule has 0 bridgehead atoms. The number of carbonyl (C=O) groups excluding carboxylic acids is 1. The van der Waals surface area contributed by atoms with Gasteiger partial charge in [0.05, 0.1) is 11.7 Å². The molecule has 3 rings (SSSR count). The van der Waals surface area contributed by atoms with Gasteiger partial charge in [0, 0.05) is 25.3 Å². The molecule has 5 nitrogen and oxygen atoms in total. The normalized spacial score (nSPS) is 25.7. The minimum Gasteiger partial charge on any atom is -0.354 e. The lowest BCUT2D eigenvalue weighted by atomic mass is 9.96. The van der Waals surface area contributed by atoms with Gasteiger partial charge in [-0.2, -0.15) is 0 Å². The summed E-state index contributed by atoms with van der Waals surface area (Å²) in [6.07, 6.45) is 6.33. The van der Waals surface area contributed by atoms with E-state index >= 15 is 0 Å². The third-order valence-corrected chi connectivity index (χ3v) is 5.16. The fourth-order valence-electron chi connectivity index (χ4n) is 3.70. The van der Waals surface area contributed by atoms with Crippen molar-refractivity contribution < 1.29 is 4.79 Å². The molecule has 2 saturated heterocycles. The van der Waals surface area contributed by atoms with Crippen LogP contribution >= 0.6 is 12.4 Å². The van der Waals surface area contributed by atoms with E-state index in [1.165, 1.54) is 12.8 Å². The Balaban J connectivity index is 0.00000208. The molecule has 2 aliphatic rings. The van der Waals surface area contributed by atoms with Gasteiger partial charge < -0.3 is 10.6 Å². The Bertz CT molecular complexity index is 507. The van der Waals surface area contributed by atoms with E-state index in [4.69, 9.17) is 0 Å². The molecular formula is C18H29ClN4O. The zero-order valence-electron chi connectivity index (χ0n) is 14.4. The Labute approximate surface area is 151 Å². The molecule has 3 atom stereocenters. The summed E-state index contributed by atoms with van der Waals surface area (Å²) >= 11 is 0. The Morgan fingerprint density at radius 1 is 1.42 bits per heavy atom. The van der Waals surface area contributed by atoms with Crippen LogP contribution < -0.4 is 10.6 Å². The van der Waals surface area contributed by atoms with Gasteiger partial charge in [0.1, 0.15) is 0 Å². The Kier molecular flexibility index (Phi) is 7.46. The molecule has 0 spiro atoms. The molecule has 1 aromatic heterocycles. The third-order valence-electron chi connectivity index (χ3n) is 5.16. The minimum atomic E-state index is 0. The van der Waals surface area contributed by atoms with E-state index in [2.05, 4.69) is 39.6 Å². The van der Waals surface area contributed by atoms with Crippen LogP contribution in [0.5, 0.6) is 0 Å². The summed E-state index contributed by atoms with van der Waals surface area (Å²) in [4.78, 5) is 19.1. The van der Waals surface area contributed by atoms with Crippen LogP contribution in [0.4, 0.5) is 0 Å². The Hall–Kier alpha value is -1.17. The number of amides is 1. The van der Waals surface area contributed by atoms with Crippen LogP contribution in [0.25, 0.3) is 0 Å². The van der Waals surface area contributed by atoms with Crippen LogP contribution in [0.15, 0.2) is 24.4 Å². The predicted molar refractivity (Wildman–Crippen MR) is 98.2 cm³/mol. The van der Waals surface area contributed by atoms with Gasteiger partial charge in [0.15, 0.2) is 0 Å². The van der Waals surface area contributed by atoms with Gasteiger partial charge in [0.25, 0.3) is 0 Å². The molecule has 3 heterocycles. The van der Waals surface area contributed by atoms with Crippen LogP contribution in [0.3, 0.4) is 0 Å². The highest BCUT2D eigenvalue weighted by Gasteiger charge is 2.27. The van der Waals surface area contributed by atoms with Crippen molar-refractivity contribution in [1.29, 1.82) is 0 Å². The molecule has 6 heteroatoms. The summed E-state index contributed by atoms with van der Waals surface area (Å²) in [6.45, 7) is 6.15. The second kappa shape index (κ2) is 9.35.